The first-order valence-electron chi connectivity index (χ1n) is 8.01. The Balaban J connectivity index is 1.99. The van der Waals surface area contributed by atoms with Crippen LogP contribution in [0.1, 0.15) is 29.5 Å². The number of nitriles is 1. The van der Waals surface area contributed by atoms with Gasteiger partial charge in [-0.15, -0.1) is 0 Å². The summed E-state index contributed by atoms with van der Waals surface area (Å²) in [7, 11) is 0. The first-order chi connectivity index (χ1) is 11.6. The summed E-state index contributed by atoms with van der Waals surface area (Å²) in [6.07, 6.45) is 3.98. The van der Waals surface area contributed by atoms with Gasteiger partial charge in [-0.3, -0.25) is 0 Å². The zero-order chi connectivity index (χ0) is 17.1. The van der Waals surface area contributed by atoms with Crippen molar-refractivity contribution in [3.63, 3.8) is 0 Å². The van der Waals surface area contributed by atoms with Gasteiger partial charge in [0.25, 0.3) is 0 Å². The van der Waals surface area contributed by atoms with E-state index in [0.29, 0.717) is 11.3 Å². The van der Waals surface area contributed by atoms with Gasteiger partial charge in [-0.05, 0) is 66.8 Å². The summed E-state index contributed by atoms with van der Waals surface area (Å²) in [6.45, 7) is 3.78. The smallest absolute Gasteiger partial charge is 0.147 e. The third kappa shape index (κ3) is 3.52. The summed E-state index contributed by atoms with van der Waals surface area (Å²) >= 11 is 3.42. The number of nitrogens with zero attached hydrogens (tertiary/aromatic N) is 2. The topological polar surface area (TPSA) is 27.0 Å². The minimum atomic E-state index is -0.222. The number of allylic oxidation sites excluding steroid dienone is 1. The Morgan fingerprint density at radius 2 is 2.00 bits per heavy atom. The van der Waals surface area contributed by atoms with E-state index >= 15 is 0 Å². The molecule has 3 rings (SSSR count). The van der Waals surface area contributed by atoms with Crippen molar-refractivity contribution < 1.29 is 4.39 Å². The second-order valence-electron chi connectivity index (χ2n) is 6.03. The highest BCUT2D eigenvalue weighted by molar-refractivity contribution is 9.10. The van der Waals surface area contributed by atoms with Crippen LogP contribution in [-0.4, -0.2) is 13.1 Å². The van der Waals surface area contributed by atoms with Crippen LogP contribution in [0.5, 0.6) is 0 Å². The van der Waals surface area contributed by atoms with E-state index < -0.39 is 0 Å². The lowest BCUT2D eigenvalue weighted by Crippen LogP contribution is -2.19. The fourth-order valence-electron chi connectivity index (χ4n) is 3.03. The first kappa shape index (κ1) is 16.7. The van der Waals surface area contributed by atoms with Crippen molar-refractivity contribution >= 4 is 33.3 Å². The van der Waals surface area contributed by atoms with Gasteiger partial charge in [0.1, 0.15) is 5.82 Å². The second kappa shape index (κ2) is 7.19. The molecule has 0 aliphatic carbocycles. The molecule has 0 unspecified atom stereocenters. The summed E-state index contributed by atoms with van der Waals surface area (Å²) in [5.74, 6) is -0.222. The highest BCUT2D eigenvalue weighted by atomic mass is 79.9. The van der Waals surface area contributed by atoms with Gasteiger partial charge in [0.15, 0.2) is 0 Å². The molecule has 1 aliphatic rings. The van der Waals surface area contributed by atoms with E-state index in [-0.39, 0.29) is 5.82 Å². The Kier molecular flexibility index (Phi) is 5.01. The average Bonchev–Trinajstić information content (AvgIpc) is 3.09. The molecule has 0 amide bonds. The summed E-state index contributed by atoms with van der Waals surface area (Å²) in [6, 6.07) is 13.2. The Bertz CT molecular complexity index is 830. The van der Waals surface area contributed by atoms with Gasteiger partial charge in [0.05, 0.1) is 17.3 Å². The molecule has 0 radical (unpaired) electrons. The Labute approximate surface area is 150 Å². The van der Waals surface area contributed by atoms with Crippen LogP contribution in [-0.2, 0) is 0 Å². The summed E-state index contributed by atoms with van der Waals surface area (Å²) < 4.78 is 15.5. The van der Waals surface area contributed by atoms with Crippen LogP contribution < -0.4 is 4.90 Å². The van der Waals surface area contributed by atoms with Gasteiger partial charge in [-0.2, -0.15) is 5.26 Å². The van der Waals surface area contributed by atoms with Crippen molar-refractivity contribution in [1.29, 1.82) is 5.26 Å². The lowest BCUT2D eigenvalue weighted by atomic mass is 10.0. The molecule has 0 spiro atoms. The zero-order valence-corrected chi connectivity index (χ0v) is 15.1. The molecular weight excluding hydrogens is 367 g/mol. The Morgan fingerprint density at radius 1 is 1.25 bits per heavy atom. The van der Waals surface area contributed by atoms with Gasteiger partial charge in [-0.1, -0.05) is 28.1 Å². The fraction of sp³-hybridized carbons (Fsp3) is 0.250. The molecule has 1 heterocycles. The molecule has 122 valence electrons. The molecule has 24 heavy (non-hydrogen) atoms. The molecular formula is C20H18BrFN2. The standard InChI is InChI=1S/C20H18BrFN2/c1-14-9-20(24-7-2-3-8-24)19(22)12-16(14)10-17(13-23)15-5-4-6-18(21)11-15/h4-6,9-12H,2-3,7-8H2,1H3. The number of anilines is 1. The van der Waals surface area contributed by atoms with Crippen LogP contribution >= 0.6 is 15.9 Å². The van der Waals surface area contributed by atoms with Crippen molar-refractivity contribution in [3.05, 3.63) is 63.4 Å². The third-order valence-corrected chi connectivity index (χ3v) is 4.83. The Morgan fingerprint density at radius 3 is 2.67 bits per heavy atom. The molecule has 4 heteroatoms. The van der Waals surface area contributed by atoms with Gasteiger partial charge in [0, 0.05) is 17.6 Å². The number of hydrogen-bond acceptors (Lipinski definition) is 2. The van der Waals surface area contributed by atoms with Gasteiger partial charge in [0.2, 0.25) is 0 Å². The van der Waals surface area contributed by atoms with Crippen LogP contribution in [0.2, 0.25) is 0 Å². The maximum atomic E-state index is 14.5. The van der Waals surface area contributed by atoms with Crippen LogP contribution in [0.4, 0.5) is 10.1 Å². The summed E-state index contributed by atoms with van der Waals surface area (Å²) in [5.41, 5.74) is 3.72. The molecule has 2 aromatic carbocycles. The molecule has 2 aromatic rings. The van der Waals surface area contributed by atoms with Crippen molar-refractivity contribution in [2.24, 2.45) is 0 Å². The maximum absolute atomic E-state index is 14.5. The van der Waals surface area contributed by atoms with E-state index in [1.807, 2.05) is 37.3 Å². The van der Waals surface area contributed by atoms with Crippen molar-refractivity contribution in [2.45, 2.75) is 19.8 Å². The predicted molar refractivity (Wildman–Crippen MR) is 100 cm³/mol. The van der Waals surface area contributed by atoms with Crippen LogP contribution in [0.15, 0.2) is 40.9 Å². The highest BCUT2D eigenvalue weighted by Gasteiger charge is 2.17. The fourth-order valence-corrected chi connectivity index (χ4v) is 3.43. The third-order valence-electron chi connectivity index (χ3n) is 4.34. The molecule has 0 bridgehead atoms. The van der Waals surface area contributed by atoms with Crippen molar-refractivity contribution in [2.75, 3.05) is 18.0 Å². The summed E-state index contributed by atoms with van der Waals surface area (Å²) in [5, 5.41) is 9.48. The van der Waals surface area contributed by atoms with E-state index in [1.165, 1.54) is 6.07 Å². The summed E-state index contributed by atoms with van der Waals surface area (Å²) in [4.78, 5) is 2.09. The van der Waals surface area contributed by atoms with Crippen LogP contribution in [0, 0.1) is 24.1 Å². The second-order valence-corrected chi connectivity index (χ2v) is 6.95. The minimum absolute atomic E-state index is 0.222. The zero-order valence-electron chi connectivity index (χ0n) is 13.5. The highest BCUT2D eigenvalue weighted by Crippen LogP contribution is 2.29. The van der Waals surface area contributed by atoms with E-state index in [2.05, 4.69) is 26.9 Å². The number of halogens is 2. The molecule has 0 N–H and O–H groups in total. The lowest BCUT2D eigenvalue weighted by molar-refractivity contribution is 0.622. The van der Waals surface area contributed by atoms with Crippen LogP contribution in [0.25, 0.3) is 11.6 Å². The van der Waals surface area contributed by atoms with Crippen molar-refractivity contribution in [1.82, 2.24) is 0 Å². The van der Waals surface area contributed by atoms with Gasteiger partial charge in [-0.25, -0.2) is 4.39 Å². The van der Waals surface area contributed by atoms with E-state index in [9.17, 15) is 9.65 Å². The molecule has 1 saturated heterocycles. The Hall–Kier alpha value is -2.12. The SMILES string of the molecule is Cc1cc(N2CCCC2)c(F)cc1C=C(C#N)c1cccc(Br)c1. The molecule has 0 aromatic heterocycles. The van der Waals surface area contributed by atoms with Gasteiger partial charge >= 0.3 is 0 Å². The van der Waals surface area contributed by atoms with E-state index in [0.717, 1.165) is 47.1 Å². The van der Waals surface area contributed by atoms with Crippen LogP contribution in [0.3, 0.4) is 0 Å². The van der Waals surface area contributed by atoms with E-state index in [1.54, 1.807) is 6.08 Å². The lowest BCUT2D eigenvalue weighted by Gasteiger charge is -2.19. The number of aryl methyl sites for hydroxylation is 1. The molecule has 2 nitrogen and oxygen atoms in total. The maximum Gasteiger partial charge on any atom is 0.147 e. The average molecular weight is 385 g/mol. The molecule has 1 aliphatic heterocycles. The number of rotatable bonds is 3. The monoisotopic (exact) mass is 384 g/mol. The predicted octanol–water partition coefficient (Wildman–Crippen LogP) is 5.56. The number of benzene rings is 2. The van der Waals surface area contributed by atoms with Crippen molar-refractivity contribution in [3.8, 4) is 6.07 Å². The van der Waals surface area contributed by atoms with E-state index in [4.69, 9.17) is 0 Å². The normalized spacial score (nSPS) is 14.8. The molecule has 0 saturated carbocycles. The molecule has 0 atom stereocenters. The van der Waals surface area contributed by atoms with Gasteiger partial charge < -0.3 is 4.90 Å². The number of hydrogen-bond donors (Lipinski definition) is 0. The first-order valence-corrected chi connectivity index (χ1v) is 8.80. The quantitative estimate of drug-likeness (QED) is 0.511. The largest absolute Gasteiger partial charge is 0.369 e. The minimum Gasteiger partial charge on any atom is -0.369 e. The molecule has 1 fully saturated rings.